The van der Waals surface area contributed by atoms with Crippen LogP contribution in [0.3, 0.4) is 0 Å². The molecule has 0 aliphatic rings. The third-order valence-electron chi connectivity index (χ3n) is 1.47. The molecule has 0 aromatic rings. The largest absolute Gasteiger partial charge is 0.465 e. The number of hydrogen-bond acceptors (Lipinski definition) is 3. The number of esters is 1. The minimum atomic E-state index is -1.03. The third-order valence-corrected chi connectivity index (χ3v) is 2.89. The average molecular weight is 206 g/mol. The molecule has 3 nitrogen and oxygen atoms in total. The van der Waals surface area contributed by atoms with Gasteiger partial charge in [-0.05, 0) is 12.8 Å². The summed E-state index contributed by atoms with van der Waals surface area (Å²) in [4.78, 5) is 11.0. The van der Waals surface area contributed by atoms with Crippen molar-refractivity contribution < 1.29 is 13.7 Å². The first kappa shape index (κ1) is 12.6. The summed E-state index contributed by atoms with van der Waals surface area (Å²) in [5.74, 6) is 0.306. The predicted molar refractivity (Wildman–Crippen MR) is 54.0 cm³/mol. The molecule has 0 amide bonds. The normalized spacial score (nSPS) is 12.5. The fourth-order valence-electron chi connectivity index (χ4n) is 0.803. The Hall–Kier alpha value is -0.380. The Morgan fingerprint density at radius 1 is 1.31 bits per heavy atom. The minimum absolute atomic E-state index is 0.0531. The second-order valence-electron chi connectivity index (χ2n) is 2.86. The van der Waals surface area contributed by atoms with Gasteiger partial charge in [0.15, 0.2) is 0 Å². The van der Waals surface area contributed by atoms with Crippen molar-refractivity contribution in [3.63, 3.8) is 0 Å². The molecule has 0 aromatic carbocycles. The molecule has 0 aliphatic heterocycles. The molecule has 1 atom stereocenters. The Bertz CT molecular complexity index is 168. The van der Waals surface area contributed by atoms with Gasteiger partial charge in [-0.1, -0.05) is 20.3 Å². The molecule has 4 heteroatoms. The highest BCUT2D eigenvalue weighted by molar-refractivity contribution is 7.85. The lowest BCUT2D eigenvalue weighted by Crippen LogP contribution is -2.16. The molecular formula is C9H18O3S. The van der Waals surface area contributed by atoms with E-state index in [4.69, 9.17) is 4.74 Å². The van der Waals surface area contributed by atoms with Crippen LogP contribution in [0.25, 0.3) is 0 Å². The molecular weight excluding hydrogens is 188 g/mol. The standard InChI is InChI=1S/C9H18O3S/c1-3-5-6-12-9(10)8-13(11)7-4-2/h3-8H2,1-2H3. The van der Waals surface area contributed by atoms with Gasteiger partial charge in [0.2, 0.25) is 0 Å². The first-order valence-electron chi connectivity index (χ1n) is 4.71. The van der Waals surface area contributed by atoms with Crippen LogP contribution in [0.2, 0.25) is 0 Å². The van der Waals surface area contributed by atoms with Gasteiger partial charge in [0, 0.05) is 16.6 Å². The molecule has 13 heavy (non-hydrogen) atoms. The fraction of sp³-hybridized carbons (Fsp3) is 0.889. The number of carbonyl (C=O) groups is 1. The summed E-state index contributed by atoms with van der Waals surface area (Å²) in [7, 11) is -1.03. The van der Waals surface area contributed by atoms with Crippen LogP contribution >= 0.6 is 0 Å². The van der Waals surface area contributed by atoms with Gasteiger partial charge in [0.25, 0.3) is 0 Å². The van der Waals surface area contributed by atoms with Gasteiger partial charge >= 0.3 is 5.97 Å². The molecule has 0 bridgehead atoms. The number of ether oxygens (including phenoxy) is 1. The molecule has 1 unspecified atom stereocenters. The molecule has 0 fully saturated rings. The summed E-state index contributed by atoms with van der Waals surface area (Å²) in [6.45, 7) is 4.43. The van der Waals surface area contributed by atoms with E-state index in [1.807, 2.05) is 13.8 Å². The van der Waals surface area contributed by atoms with E-state index in [0.717, 1.165) is 19.3 Å². The van der Waals surface area contributed by atoms with E-state index in [1.165, 1.54) is 0 Å². The highest BCUT2D eigenvalue weighted by atomic mass is 32.2. The first-order chi connectivity index (χ1) is 6.20. The van der Waals surface area contributed by atoms with Crippen LogP contribution in [0, 0.1) is 0 Å². The van der Waals surface area contributed by atoms with Gasteiger partial charge in [-0.15, -0.1) is 0 Å². The summed E-state index contributed by atoms with van der Waals surface area (Å²) < 4.78 is 16.0. The van der Waals surface area contributed by atoms with Crippen molar-refractivity contribution >= 4 is 16.8 Å². The lowest BCUT2D eigenvalue weighted by Gasteiger charge is -2.02. The second-order valence-corrected chi connectivity index (χ2v) is 4.44. The van der Waals surface area contributed by atoms with Crippen LogP contribution in [0.1, 0.15) is 33.1 Å². The maximum absolute atomic E-state index is 11.1. The van der Waals surface area contributed by atoms with Gasteiger partial charge < -0.3 is 4.74 Å². The van der Waals surface area contributed by atoms with Crippen LogP contribution in [0.4, 0.5) is 0 Å². The lowest BCUT2D eigenvalue weighted by molar-refractivity contribution is -0.140. The van der Waals surface area contributed by atoms with Gasteiger partial charge in [-0.25, -0.2) is 0 Å². The Labute approximate surface area is 82.3 Å². The summed E-state index contributed by atoms with van der Waals surface area (Å²) in [5.41, 5.74) is 0. The zero-order valence-corrected chi connectivity index (χ0v) is 9.19. The van der Waals surface area contributed by atoms with Crippen molar-refractivity contribution in [1.82, 2.24) is 0 Å². The molecule has 0 spiro atoms. The van der Waals surface area contributed by atoms with Crippen molar-refractivity contribution in [3.8, 4) is 0 Å². The smallest absolute Gasteiger partial charge is 0.318 e. The van der Waals surface area contributed by atoms with Crippen molar-refractivity contribution in [1.29, 1.82) is 0 Å². The van der Waals surface area contributed by atoms with Crippen LogP contribution < -0.4 is 0 Å². The van der Waals surface area contributed by atoms with E-state index in [-0.39, 0.29) is 11.7 Å². The molecule has 0 heterocycles. The zero-order valence-electron chi connectivity index (χ0n) is 8.38. The molecule has 0 saturated heterocycles. The maximum Gasteiger partial charge on any atom is 0.318 e. The van der Waals surface area contributed by atoms with Gasteiger partial charge in [-0.2, -0.15) is 0 Å². The quantitative estimate of drug-likeness (QED) is 0.468. The highest BCUT2D eigenvalue weighted by Gasteiger charge is 2.07. The molecule has 0 aromatic heterocycles. The topological polar surface area (TPSA) is 43.4 Å². The highest BCUT2D eigenvalue weighted by Crippen LogP contribution is 1.92. The molecule has 78 valence electrons. The molecule has 0 saturated carbocycles. The van der Waals surface area contributed by atoms with Crippen molar-refractivity contribution in [2.75, 3.05) is 18.1 Å². The second kappa shape index (κ2) is 8.23. The summed E-state index contributed by atoms with van der Waals surface area (Å²) in [5, 5.41) is 0. The van der Waals surface area contributed by atoms with Crippen LogP contribution in [0.5, 0.6) is 0 Å². The van der Waals surface area contributed by atoms with Crippen molar-refractivity contribution in [2.45, 2.75) is 33.1 Å². The maximum atomic E-state index is 11.1. The summed E-state index contributed by atoms with van der Waals surface area (Å²) >= 11 is 0. The summed E-state index contributed by atoms with van der Waals surface area (Å²) in [6, 6.07) is 0. The summed E-state index contributed by atoms with van der Waals surface area (Å²) in [6.07, 6.45) is 2.73. The number of hydrogen-bond donors (Lipinski definition) is 0. The third kappa shape index (κ3) is 7.96. The Balaban J connectivity index is 3.44. The Kier molecular flexibility index (Phi) is 7.99. The average Bonchev–Trinajstić information content (AvgIpc) is 2.05. The lowest BCUT2D eigenvalue weighted by atomic mass is 10.4. The van der Waals surface area contributed by atoms with Crippen LogP contribution in [-0.4, -0.2) is 28.3 Å². The molecule has 0 N–H and O–H groups in total. The Morgan fingerprint density at radius 3 is 2.54 bits per heavy atom. The molecule has 0 radical (unpaired) electrons. The molecule has 0 rings (SSSR count). The van der Waals surface area contributed by atoms with Gasteiger partial charge in [-0.3, -0.25) is 9.00 Å². The van der Waals surface area contributed by atoms with E-state index in [2.05, 4.69) is 0 Å². The SMILES string of the molecule is CCCCOC(=O)CS(=O)CCC. The molecule has 0 aliphatic carbocycles. The van der Waals surface area contributed by atoms with Crippen LogP contribution in [-0.2, 0) is 20.3 Å². The van der Waals surface area contributed by atoms with Crippen molar-refractivity contribution in [3.05, 3.63) is 0 Å². The monoisotopic (exact) mass is 206 g/mol. The van der Waals surface area contributed by atoms with E-state index < -0.39 is 10.8 Å². The minimum Gasteiger partial charge on any atom is -0.465 e. The van der Waals surface area contributed by atoms with Crippen LogP contribution in [0.15, 0.2) is 0 Å². The number of rotatable bonds is 7. The fourth-order valence-corrected chi connectivity index (χ4v) is 1.75. The van der Waals surface area contributed by atoms with E-state index >= 15 is 0 Å². The van der Waals surface area contributed by atoms with E-state index in [0.29, 0.717) is 12.4 Å². The zero-order chi connectivity index (χ0) is 10.1. The van der Waals surface area contributed by atoms with Gasteiger partial charge in [0.1, 0.15) is 5.75 Å². The van der Waals surface area contributed by atoms with E-state index in [1.54, 1.807) is 0 Å². The van der Waals surface area contributed by atoms with E-state index in [9.17, 15) is 9.00 Å². The number of carbonyl (C=O) groups excluding carboxylic acids is 1. The van der Waals surface area contributed by atoms with Crippen molar-refractivity contribution in [2.24, 2.45) is 0 Å². The van der Waals surface area contributed by atoms with Gasteiger partial charge in [0.05, 0.1) is 6.61 Å². The number of unbranched alkanes of at least 4 members (excludes halogenated alkanes) is 1. The Morgan fingerprint density at radius 2 is 2.00 bits per heavy atom. The predicted octanol–water partition coefficient (Wildman–Crippen LogP) is 1.49. The first-order valence-corrected chi connectivity index (χ1v) is 6.20.